The van der Waals surface area contributed by atoms with Crippen LogP contribution in [0.3, 0.4) is 0 Å². The number of hydrogen-bond acceptors (Lipinski definition) is 5. The second kappa shape index (κ2) is 3.58. The van der Waals surface area contributed by atoms with Gasteiger partial charge in [-0.15, -0.1) is 0 Å². The maximum Gasteiger partial charge on any atom is 0.245 e. The van der Waals surface area contributed by atoms with E-state index < -0.39 is 0 Å². The Morgan fingerprint density at radius 3 is 2.94 bits per heavy atom. The van der Waals surface area contributed by atoms with Crippen molar-refractivity contribution in [3.8, 4) is 5.88 Å². The van der Waals surface area contributed by atoms with Crippen molar-refractivity contribution in [1.82, 2.24) is 19.5 Å². The van der Waals surface area contributed by atoms with Crippen LogP contribution in [0.15, 0.2) is 6.33 Å². The lowest BCUT2D eigenvalue weighted by Gasteiger charge is -2.04. The fourth-order valence-electron chi connectivity index (χ4n) is 2.15. The molecular formula is C11H15N5O. The van der Waals surface area contributed by atoms with Crippen LogP contribution in [-0.2, 0) is 6.54 Å². The minimum Gasteiger partial charge on any atom is -0.479 e. The predicted molar refractivity (Wildman–Crippen MR) is 63.6 cm³/mol. The van der Waals surface area contributed by atoms with Crippen LogP contribution in [0.1, 0.15) is 13.3 Å². The summed E-state index contributed by atoms with van der Waals surface area (Å²) in [6.07, 6.45) is 2.73. The van der Waals surface area contributed by atoms with Crippen molar-refractivity contribution in [3.05, 3.63) is 6.33 Å². The predicted octanol–water partition coefficient (Wildman–Crippen LogP) is 1.07. The number of hydrogen-bond donors (Lipinski definition) is 1. The number of fused-ring (bicyclic) bond motifs is 1. The minimum absolute atomic E-state index is 0.476. The van der Waals surface area contributed by atoms with Crippen LogP contribution in [0.5, 0.6) is 5.88 Å². The molecule has 2 aromatic rings. The maximum atomic E-state index is 5.93. The van der Waals surface area contributed by atoms with E-state index in [9.17, 15) is 0 Å². The van der Waals surface area contributed by atoms with Gasteiger partial charge in [0.25, 0.3) is 0 Å². The van der Waals surface area contributed by atoms with Gasteiger partial charge in [0, 0.05) is 6.54 Å². The highest BCUT2D eigenvalue weighted by molar-refractivity contribution is 5.78. The number of imidazole rings is 1. The van der Waals surface area contributed by atoms with Gasteiger partial charge in [-0.3, -0.25) is 4.57 Å². The van der Waals surface area contributed by atoms with Crippen molar-refractivity contribution in [2.24, 2.45) is 11.8 Å². The highest BCUT2D eigenvalue weighted by atomic mass is 16.5. The molecule has 1 aliphatic carbocycles. The second-order valence-electron chi connectivity index (χ2n) is 4.61. The first-order valence-corrected chi connectivity index (χ1v) is 5.71. The molecule has 6 nitrogen and oxygen atoms in total. The summed E-state index contributed by atoms with van der Waals surface area (Å²) in [6, 6.07) is 0. The molecule has 0 amide bonds. The van der Waals surface area contributed by atoms with Crippen molar-refractivity contribution >= 4 is 17.1 Å². The van der Waals surface area contributed by atoms with E-state index in [1.54, 1.807) is 7.11 Å². The van der Waals surface area contributed by atoms with Crippen LogP contribution in [0.2, 0.25) is 0 Å². The smallest absolute Gasteiger partial charge is 0.245 e. The monoisotopic (exact) mass is 233 g/mol. The summed E-state index contributed by atoms with van der Waals surface area (Å²) < 4.78 is 7.11. The number of methoxy groups -OCH3 is 1. The van der Waals surface area contributed by atoms with E-state index in [4.69, 9.17) is 10.5 Å². The Morgan fingerprint density at radius 1 is 1.53 bits per heavy atom. The normalized spacial score (nSPS) is 22.9. The Kier molecular flexibility index (Phi) is 2.17. The summed E-state index contributed by atoms with van der Waals surface area (Å²) in [4.78, 5) is 12.6. The van der Waals surface area contributed by atoms with E-state index >= 15 is 0 Å². The Balaban J connectivity index is 2.07. The van der Waals surface area contributed by atoms with Gasteiger partial charge >= 0.3 is 0 Å². The van der Waals surface area contributed by atoms with E-state index in [1.807, 2.05) is 4.57 Å². The van der Waals surface area contributed by atoms with Crippen LogP contribution in [0.4, 0.5) is 5.95 Å². The maximum absolute atomic E-state index is 5.93. The fraction of sp³-hybridized carbons (Fsp3) is 0.545. The molecule has 0 bridgehead atoms. The average Bonchev–Trinajstić information content (AvgIpc) is 2.92. The van der Waals surface area contributed by atoms with Gasteiger partial charge in [0.05, 0.1) is 7.11 Å². The van der Waals surface area contributed by atoms with E-state index in [2.05, 4.69) is 21.9 Å². The number of anilines is 1. The molecule has 0 saturated heterocycles. The zero-order chi connectivity index (χ0) is 12.0. The summed E-state index contributed by atoms with van der Waals surface area (Å²) in [5, 5.41) is 0. The van der Waals surface area contributed by atoms with Gasteiger partial charge in [0.1, 0.15) is 6.33 Å². The topological polar surface area (TPSA) is 78.8 Å². The molecular weight excluding hydrogens is 218 g/mol. The lowest BCUT2D eigenvalue weighted by molar-refractivity contribution is 0.401. The third-order valence-corrected chi connectivity index (χ3v) is 3.41. The van der Waals surface area contributed by atoms with Gasteiger partial charge in [-0.1, -0.05) is 6.92 Å². The molecule has 0 spiro atoms. The number of ether oxygens (including phenoxy) is 1. The van der Waals surface area contributed by atoms with Gasteiger partial charge < -0.3 is 10.5 Å². The summed E-state index contributed by atoms with van der Waals surface area (Å²) in [7, 11) is 1.57. The molecule has 1 aliphatic rings. The summed E-state index contributed by atoms with van der Waals surface area (Å²) >= 11 is 0. The summed E-state index contributed by atoms with van der Waals surface area (Å²) in [5.74, 6) is 2.42. The fourth-order valence-corrected chi connectivity index (χ4v) is 2.15. The Labute approximate surface area is 98.8 Å². The van der Waals surface area contributed by atoms with Gasteiger partial charge in [0.2, 0.25) is 11.8 Å². The first-order chi connectivity index (χ1) is 8.20. The summed E-state index contributed by atoms with van der Waals surface area (Å²) in [6.45, 7) is 3.12. The first-order valence-electron chi connectivity index (χ1n) is 5.71. The zero-order valence-electron chi connectivity index (χ0n) is 9.92. The molecule has 2 aromatic heterocycles. The SMILES string of the molecule is COc1ncnc2c1nc(N)n2CC1CC1C. The number of nitrogens with two attached hydrogens (primary N) is 1. The van der Waals surface area contributed by atoms with Gasteiger partial charge in [-0.25, -0.2) is 9.97 Å². The van der Waals surface area contributed by atoms with Crippen molar-refractivity contribution in [1.29, 1.82) is 0 Å². The molecule has 1 saturated carbocycles. The highest BCUT2D eigenvalue weighted by Gasteiger charge is 2.33. The third kappa shape index (κ3) is 1.60. The van der Waals surface area contributed by atoms with E-state index in [0.717, 1.165) is 18.1 Å². The van der Waals surface area contributed by atoms with Crippen molar-refractivity contribution in [2.45, 2.75) is 19.9 Å². The molecule has 0 radical (unpaired) electrons. The molecule has 0 aromatic carbocycles. The number of rotatable bonds is 3. The highest BCUT2D eigenvalue weighted by Crippen LogP contribution is 2.40. The third-order valence-electron chi connectivity index (χ3n) is 3.41. The zero-order valence-corrected chi connectivity index (χ0v) is 9.92. The molecule has 6 heteroatoms. The van der Waals surface area contributed by atoms with E-state index in [0.29, 0.717) is 23.3 Å². The van der Waals surface area contributed by atoms with Crippen LogP contribution < -0.4 is 10.5 Å². The minimum atomic E-state index is 0.476. The van der Waals surface area contributed by atoms with Crippen LogP contribution in [0.25, 0.3) is 11.2 Å². The largest absolute Gasteiger partial charge is 0.479 e. The molecule has 2 N–H and O–H groups in total. The van der Waals surface area contributed by atoms with Crippen molar-refractivity contribution in [3.63, 3.8) is 0 Å². The van der Waals surface area contributed by atoms with Crippen LogP contribution >= 0.6 is 0 Å². The lowest BCUT2D eigenvalue weighted by atomic mass is 10.3. The van der Waals surface area contributed by atoms with Gasteiger partial charge in [-0.2, -0.15) is 4.98 Å². The Hall–Kier alpha value is -1.85. The molecule has 17 heavy (non-hydrogen) atoms. The molecule has 2 atom stereocenters. The number of nitrogen functional groups attached to an aromatic ring is 1. The summed E-state index contributed by atoms with van der Waals surface area (Å²) in [5.41, 5.74) is 7.32. The molecule has 0 aliphatic heterocycles. The molecule has 3 rings (SSSR count). The standard InChI is InChI=1S/C11H15N5O/c1-6-3-7(6)4-16-9-8(15-11(16)12)10(17-2)14-5-13-9/h5-7H,3-4H2,1-2H3,(H2,12,15). The van der Waals surface area contributed by atoms with E-state index in [1.165, 1.54) is 12.7 Å². The van der Waals surface area contributed by atoms with Gasteiger partial charge in [-0.05, 0) is 18.3 Å². The number of aromatic nitrogens is 4. The van der Waals surface area contributed by atoms with E-state index in [-0.39, 0.29) is 0 Å². The van der Waals surface area contributed by atoms with Crippen LogP contribution in [-0.4, -0.2) is 26.6 Å². The Bertz CT molecular complexity index is 564. The second-order valence-corrected chi connectivity index (χ2v) is 4.61. The lowest BCUT2D eigenvalue weighted by Crippen LogP contribution is -2.06. The number of nitrogens with zero attached hydrogens (tertiary/aromatic N) is 4. The van der Waals surface area contributed by atoms with Crippen LogP contribution in [0, 0.1) is 11.8 Å². The quantitative estimate of drug-likeness (QED) is 0.858. The molecule has 2 heterocycles. The van der Waals surface area contributed by atoms with Crippen molar-refractivity contribution in [2.75, 3.05) is 12.8 Å². The molecule has 2 unspecified atom stereocenters. The molecule has 90 valence electrons. The Morgan fingerprint density at radius 2 is 2.29 bits per heavy atom. The average molecular weight is 233 g/mol. The van der Waals surface area contributed by atoms with Gasteiger partial charge in [0.15, 0.2) is 11.2 Å². The van der Waals surface area contributed by atoms with Crippen molar-refractivity contribution < 1.29 is 4.74 Å². The first kappa shape index (κ1) is 10.3. The molecule has 1 fully saturated rings.